The summed E-state index contributed by atoms with van der Waals surface area (Å²) in [6.45, 7) is 4.46. The Morgan fingerprint density at radius 1 is 1.33 bits per heavy atom. The van der Waals surface area contributed by atoms with Gasteiger partial charge in [-0.2, -0.15) is 0 Å². The number of benzene rings is 1. The number of halogens is 2. The summed E-state index contributed by atoms with van der Waals surface area (Å²) in [5.74, 6) is -0.302. The highest BCUT2D eigenvalue weighted by Crippen LogP contribution is 2.12. The molecule has 1 amide bonds. The van der Waals surface area contributed by atoms with Crippen LogP contribution in [0.1, 0.15) is 19.4 Å². The second-order valence-corrected chi connectivity index (χ2v) is 4.72. The van der Waals surface area contributed by atoms with E-state index < -0.39 is 5.41 Å². The molecule has 3 N–H and O–H groups in total. The number of hydrogen-bond acceptors (Lipinski definition) is 2. The molecule has 0 aromatic heterocycles. The molecule has 0 aliphatic heterocycles. The first-order valence-corrected chi connectivity index (χ1v) is 5.68. The molecule has 0 saturated heterocycles. The lowest BCUT2D eigenvalue weighted by Crippen LogP contribution is -2.42. The van der Waals surface area contributed by atoms with Crippen molar-refractivity contribution >= 4 is 18.3 Å². The third-order valence-electron chi connectivity index (χ3n) is 2.74. The molecule has 0 aliphatic rings. The Labute approximate surface area is 113 Å². The molecule has 0 unspecified atom stereocenters. The molecule has 1 aromatic carbocycles. The highest BCUT2D eigenvalue weighted by Gasteiger charge is 2.24. The number of nitrogens with two attached hydrogens (primary N) is 1. The lowest BCUT2D eigenvalue weighted by Gasteiger charge is -2.21. The van der Waals surface area contributed by atoms with Gasteiger partial charge in [-0.05, 0) is 38.0 Å². The maximum absolute atomic E-state index is 12.7. The number of rotatable bonds is 5. The fraction of sp³-hybridized carbons (Fsp3) is 0.462. The molecule has 5 heteroatoms. The Morgan fingerprint density at radius 2 is 1.89 bits per heavy atom. The van der Waals surface area contributed by atoms with Crippen molar-refractivity contribution in [3.05, 3.63) is 35.6 Å². The van der Waals surface area contributed by atoms with E-state index in [-0.39, 0.29) is 24.1 Å². The zero-order valence-electron chi connectivity index (χ0n) is 10.7. The van der Waals surface area contributed by atoms with E-state index in [2.05, 4.69) is 5.32 Å². The van der Waals surface area contributed by atoms with Crippen molar-refractivity contribution in [2.45, 2.75) is 20.3 Å². The van der Waals surface area contributed by atoms with E-state index in [4.69, 9.17) is 5.73 Å². The summed E-state index contributed by atoms with van der Waals surface area (Å²) in [4.78, 5) is 11.7. The second-order valence-electron chi connectivity index (χ2n) is 4.72. The van der Waals surface area contributed by atoms with Crippen LogP contribution < -0.4 is 11.1 Å². The van der Waals surface area contributed by atoms with E-state index in [1.807, 2.05) is 0 Å². The maximum Gasteiger partial charge on any atom is 0.226 e. The van der Waals surface area contributed by atoms with Crippen molar-refractivity contribution in [2.75, 3.05) is 13.1 Å². The van der Waals surface area contributed by atoms with Gasteiger partial charge >= 0.3 is 0 Å². The van der Waals surface area contributed by atoms with E-state index in [0.717, 1.165) is 5.56 Å². The lowest BCUT2D eigenvalue weighted by molar-refractivity contribution is -0.128. The molecule has 0 heterocycles. The molecule has 1 rings (SSSR count). The third kappa shape index (κ3) is 5.02. The largest absolute Gasteiger partial charge is 0.355 e. The SMILES string of the molecule is CC(C)(CN)C(=O)NCCc1ccc(F)cc1.Cl. The van der Waals surface area contributed by atoms with Crippen molar-refractivity contribution in [2.24, 2.45) is 11.1 Å². The van der Waals surface area contributed by atoms with Crippen LogP contribution in [0, 0.1) is 11.2 Å². The Bertz CT molecular complexity index is 379. The molecule has 3 nitrogen and oxygen atoms in total. The molecule has 0 fully saturated rings. The van der Waals surface area contributed by atoms with Crippen molar-refractivity contribution in [3.63, 3.8) is 0 Å². The molecule has 0 atom stereocenters. The van der Waals surface area contributed by atoms with Gasteiger partial charge in [0.2, 0.25) is 5.91 Å². The first-order valence-electron chi connectivity index (χ1n) is 5.68. The molecular formula is C13H20ClFN2O. The van der Waals surface area contributed by atoms with Crippen LogP contribution in [0.15, 0.2) is 24.3 Å². The van der Waals surface area contributed by atoms with Crippen LogP contribution >= 0.6 is 12.4 Å². The van der Waals surface area contributed by atoms with Gasteiger partial charge in [-0.1, -0.05) is 12.1 Å². The van der Waals surface area contributed by atoms with Crippen LogP contribution in [0.3, 0.4) is 0 Å². The van der Waals surface area contributed by atoms with Crippen LogP contribution in [0.5, 0.6) is 0 Å². The van der Waals surface area contributed by atoms with Gasteiger partial charge in [0.1, 0.15) is 5.82 Å². The number of amides is 1. The highest BCUT2D eigenvalue weighted by atomic mass is 35.5. The van der Waals surface area contributed by atoms with Gasteiger partial charge in [0.25, 0.3) is 0 Å². The minimum Gasteiger partial charge on any atom is -0.355 e. The van der Waals surface area contributed by atoms with E-state index in [1.165, 1.54) is 12.1 Å². The van der Waals surface area contributed by atoms with E-state index in [9.17, 15) is 9.18 Å². The van der Waals surface area contributed by atoms with Gasteiger partial charge in [0.15, 0.2) is 0 Å². The van der Waals surface area contributed by atoms with Gasteiger partial charge < -0.3 is 11.1 Å². The first kappa shape index (κ1) is 16.9. The molecular weight excluding hydrogens is 255 g/mol. The number of carbonyl (C=O) groups is 1. The molecule has 0 radical (unpaired) electrons. The summed E-state index contributed by atoms with van der Waals surface area (Å²) in [7, 11) is 0. The fourth-order valence-electron chi connectivity index (χ4n) is 1.30. The molecule has 18 heavy (non-hydrogen) atoms. The summed E-state index contributed by atoms with van der Waals surface area (Å²) in [6, 6.07) is 6.27. The molecule has 0 aliphatic carbocycles. The standard InChI is InChI=1S/C13H19FN2O.ClH/c1-13(2,9-15)12(17)16-8-7-10-3-5-11(14)6-4-10;/h3-6H,7-9,15H2,1-2H3,(H,16,17);1H. The van der Waals surface area contributed by atoms with Crippen molar-refractivity contribution in [3.8, 4) is 0 Å². The Balaban J connectivity index is 0.00000289. The quantitative estimate of drug-likeness (QED) is 0.862. The summed E-state index contributed by atoms with van der Waals surface area (Å²) in [6.07, 6.45) is 0.687. The van der Waals surface area contributed by atoms with Gasteiger partial charge in [-0.15, -0.1) is 12.4 Å². The molecule has 0 spiro atoms. The summed E-state index contributed by atoms with van der Waals surface area (Å²) >= 11 is 0. The molecule has 0 bridgehead atoms. The van der Waals surface area contributed by atoms with Crippen LogP contribution in [0.2, 0.25) is 0 Å². The van der Waals surface area contributed by atoms with Gasteiger partial charge in [0, 0.05) is 13.1 Å². The number of carbonyl (C=O) groups excluding carboxylic acids is 1. The summed E-state index contributed by atoms with van der Waals surface area (Å²) < 4.78 is 12.7. The molecule has 0 saturated carbocycles. The van der Waals surface area contributed by atoms with Gasteiger partial charge in [0.05, 0.1) is 5.41 Å². The third-order valence-corrected chi connectivity index (χ3v) is 2.74. The van der Waals surface area contributed by atoms with E-state index >= 15 is 0 Å². The minimum absolute atomic E-state index is 0. The Hall–Kier alpha value is -1.13. The topological polar surface area (TPSA) is 55.1 Å². The number of hydrogen-bond donors (Lipinski definition) is 2. The average molecular weight is 275 g/mol. The van der Waals surface area contributed by atoms with Crippen molar-refractivity contribution in [1.82, 2.24) is 5.32 Å². The Kier molecular flexibility index (Phi) is 6.88. The fourth-order valence-corrected chi connectivity index (χ4v) is 1.30. The normalized spacial score (nSPS) is 10.7. The Morgan fingerprint density at radius 3 is 2.39 bits per heavy atom. The minimum atomic E-state index is -0.539. The van der Waals surface area contributed by atoms with Gasteiger partial charge in [-0.3, -0.25) is 4.79 Å². The van der Waals surface area contributed by atoms with Crippen LogP contribution in [-0.4, -0.2) is 19.0 Å². The van der Waals surface area contributed by atoms with Gasteiger partial charge in [-0.25, -0.2) is 4.39 Å². The van der Waals surface area contributed by atoms with Crippen LogP contribution in [-0.2, 0) is 11.2 Å². The monoisotopic (exact) mass is 274 g/mol. The molecule has 102 valence electrons. The maximum atomic E-state index is 12.7. The van der Waals surface area contributed by atoms with Crippen LogP contribution in [0.4, 0.5) is 4.39 Å². The predicted molar refractivity (Wildman–Crippen MR) is 73.2 cm³/mol. The lowest BCUT2D eigenvalue weighted by atomic mass is 9.92. The zero-order chi connectivity index (χ0) is 12.9. The van der Waals surface area contributed by atoms with Crippen LogP contribution in [0.25, 0.3) is 0 Å². The number of nitrogens with one attached hydrogen (secondary N) is 1. The van der Waals surface area contributed by atoms with Crippen molar-refractivity contribution < 1.29 is 9.18 Å². The molecule has 1 aromatic rings. The average Bonchev–Trinajstić information content (AvgIpc) is 2.31. The summed E-state index contributed by atoms with van der Waals surface area (Å²) in [5.41, 5.74) is 5.96. The highest BCUT2D eigenvalue weighted by molar-refractivity contribution is 5.85. The van der Waals surface area contributed by atoms with E-state index in [1.54, 1.807) is 26.0 Å². The second kappa shape index (κ2) is 7.34. The van der Waals surface area contributed by atoms with Crippen molar-refractivity contribution in [1.29, 1.82) is 0 Å². The first-order chi connectivity index (χ1) is 7.95. The van der Waals surface area contributed by atoms with E-state index in [0.29, 0.717) is 19.5 Å². The summed E-state index contributed by atoms with van der Waals surface area (Å²) in [5, 5.41) is 2.82. The predicted octanol–water partition coefficient (Wildman–Crippen LogP) is 1.89. The zero-order valence-corrected chi connectivity index (χ0v) is 11.5. The smallest absolute Gasteiger partial charge is 0.226 e.